The van der Waals surface area contributed by atoms with Crippen LogP contribution in [0, 0.1) is 5.92 Å². The number of pyridine rings is 1. The lowest BCUT2D eigenvalue weighted by Gasteiger charge is -2.27. The Morgan fingerprint density at radius 2 is 1.60 bits per heavy atom. The van der Waals surface area contributed by atoms with Crippen molar-refractivity contribution in [3.05, 3.63) is 77.7 Å². The van der Waals surface area contributed by atoms with Gasteiger partial charge in [-0.25, -0.2) is 9.97 Å². The van der Waals surface area contributed by atoms with E-state index in [1.54, 1.807) is 6.07 Å². The molecule has 4 rings (SSSR count). The molecular formula is C28H28F6N6. The van der Waals surface area contributed by atoms with Gasteiger partial charge in [0.05, 0.1) is 28.9 Å². The predicted molar refractivity (Wildman–Crippen MR) is 142 cm³/mol. The van der Waals surface area contributed by atoms with Gasteiger partial charge in [-0.05, 0) is 74.8 Å². The van der Waals surface area contributed by atoms with Gasteiger partial charge >= 0.3 is 12.4 Å². The fraction of sp³-hybridized carbons (Fsp3) is 0.321. The molecule has 0 saturated heterocycles. The fourth-order valence-electron chi connectivity index (χ4n) is 3.91. The SMILES string of the molecule is CC(CNCc1nc(Nc2ccc(C(F)(F)F)cc2)c2ccc(-c3ncccc3C(F)(F)F)cc2n1)C(C)(C)N. The first kappa shape index (κ1) is 29.2. The number of nitrogens with two attached hydrogens (primary N) is 1. The number of aromatic nitrogens is 3. The standard InChI is InChI=1S/C28H28F6N6/c1-16(26(2,3)35)14-36-15-23-39-22-13-17(24-21(28(32,33)34)5-4-12-37-24)6-11-20(22)25(40-23)38-19-9-7-18(8-10-19)27(29,30)31/h4-13,16,36H,14-15,35H2,1-3H3,(H,38,39,40). The number of anilines is 2. The molecular weight excluding hydrogens is 534 g/mol. The number of hydrogen-bond donors (Lipinski definition) is 3. The lowest BCUT2D eigenvalue weighted by molar-refractivity contribution is -0.138. The van der Waals surface area contributed by atoms with Gasteiger partial charge in [0.1, 0.15) is 11.6 Å². The van der Waals surface area contributed by atoms with Crippen molar-refractivity contribution in [3.8, 4) is 11.3 Å². The Morgan fingerprint density at radius 3 is 2.23 bits per heavy atom. The number of nitrogens with one attached hydrogen (secondary N) is 2. The minimum Gasteiger partial charge on any atom is -0.340 e. The van der Waals surface area contributed by atoms with Crippen LogP contribution in [0.2, 0.25) is 0 Å². The number of rotatable bonds is 8. The van der Waals surface area contributed by atoms with Crippen molar-refractivity contribution in [1.29, 1.82) is 0 Å². The number of hydrogen-bond acceptors (Lipinski definition) is 6. The van der Waals surface area contributed by atoms with Crippen LogP contribution in [0.3, 0.4) is 0 Å². The monoisotopic (exact) mass is 562 g/mol. The van der Waals surface area contributed by atoms with E-state index < -0.39 is 29.0 Å². The van der Waals surface area contributed by atoms with Crippen LogP contribution in [0.15, 0.2) is 60.8 Å². The Labute approximate surface area is 227 Å². The van der Waals surface area contributed by atoms with Crippen molar-refractivity contribution in [1.82, 2.24) is 20.3 Å². The van der Waals surface area contributed by atoms with E-state index in [9.17, 15) is 26.3 Å². The van der Waals surface area contributed by atoms with Crippen LogP contribution in [-0.4, -0.2) is 27.0 Å². The van der Waals surface area contributed by atoms with E-state index in [1.165, 1.54) is 36.5 Å². The third-order valence-electron chi connectivity index (χ3n) is 6.61. The molecule has 2 aromatic heterocycles. The van der Waals surface area contributed by atoms with Gasteiger partial charge < -0.3 is 16.4 Å². The van der Waals surface area contributed by atoms with E-state index in [0.29, 0.717) is 29.0 Å². The first-order valence-electron chi connectivity index (χ1n) is 12.4. The Kier molecular flexibility index (Phi) is 8.04. The quantitative estimate of drug-likeness (QED) is 0.202. The summed E-state index contributed by atoms with van der Waals surface area (Å²) in [4.78, 5) is 13.1. The summed E-state index contributed by atoms with van der Waals surface area (Å²) in [5.74, 6) is 0.727. The van der Waals surface area contributed by atoms with E-state index in [1.807, 2.05) is 20.8 Å². The zero-order valence-corrected chi connectivity index (χ0v) is 22.0. The second-order valence-corrected chi connectivity index (χ2v) is 10.2. The van der Waals surface area contributed by atoms with E-state index in [2.05, 4.69) is 25.6 Å². The highest BCUT2D eigenvalue weighted by Crippen LogP contribution is 2.37. The minimum atomic E-state index is -4.61. The van der Waals surface area contributed by atoms with Crippen LogP contribution in [-0.2, 0) is 18.9 Å². The van der Waals surface area contributed by atoms with Gasteiger partial charge in [-0.15, -0.1) is 0 Å². The normalized spacial score (nSPS) is 13.4. The van der Waals surface area contributed by atoms with Gasteiger partial charge in [-0.1, -0.05) is 13.0 Å². The van der Waals surface area contributed by atoms with Gasteiger partial charge in [0.25, 0.3) is 0 Å². The molecule has 4 aromatic rings. The molecule has 40 heavy (non-hydrogen) atoms. The van der Waals surface area contributed by atoms with Crippen molar-refractivity contribution in [2.45, 2.75) is 45.2 Å². The first-order valence-corrected chi connectivity index (χ1v) is 12.4. The molecule has 0 aliphatic rings. The van der Waals surface area contributed by atoms with E-state index in [0.717, 1.165) is 18.2 Å². The predicted octanol–water partition coefficient (Wildman–Crippen LogP) is 6.94. The summed E-state index contributed by atoms with van der Waals surface area (Å²) in [6.45, 7) is 6.58. The molecule has 1 atom stereocenters. The van der Waals surface area contributed by atoms with Crippen molar-refractivity contribution < 1.29 is 26.3 Å². The summed E-state index contributed by atoms with van der Waals surface area (Å²) < 4.78 is 80.0. The number of nitrogens with zero attached hydrogens (tertiary/aromatic N) is 3. The third kappa shape index (κ3) is 6.86. The summed E-state index contributed by atoms with van der Waals surface area (Å²) in [5, 5.41) is 6.73. The molecule has 212 valence electrons. The van der Waals surface area contributed by atoms with Gasteiger partial charge in [0, 0.05) is 28.4 Å². The van der Waals surface area contributed by atoms with Crippen molar-refractivity contribution in [2.24, 2.45) is 11.7 Å². The molecule has 6 nitrogen and oxygen atoms in total. The lowest BCUT2D eigenvalue weighted by atomic mass is 9.90. The third-order valence-corrected chi connectivity index (χ3v) is 6.61. The molecule has 0 fully saturated rings. The summed E-state index contributed by atoms with van der Waals surface area (Å²) in [6, 6.07) is 11.1. The van der Waals surface area contributed by atoms with Crippen molar-refractivity contribution >= 4 is 22.4 Å². The molecule has 0 bridgehead atoms. The summed E-state index contributed by atoms with van der Waals surface area (Å²) >= 11 is 0. The highest BCUT2D eigenvalue weighted by atomic mass is 19.4. The zero-order chi connectivity index (χ0) is 29.3. The highest BCUT2D eigenvalue weighted by molar-refractivity contribution is 5.93. The smallest absolute Gasteiger partial charge is 0.340 e. The number of fused-ring (bicyclic) bond motifs is 1. The maximum atomic E-state index is 13.6. The van der Waals surface area contributed by atoms with E-state index >= 15 is 0 Å². The molecule has 0 saturated carbocycles. The fourth-order valence-corrected chi connectivity index (χ4v) is 3.91. The Bertz CT molecular complexity index is 1480. The Morgan fingerprint density at radius 1 is 0.900 bits per heavy atom. The number of halogens is 6. The molecule has 0 spiro atoms. The van der Waals surface area contributed by atoms with E-state index in [-0.39, 0.29) is 29.5 Å². The average Bonchev–Trinajstić information content (AvgIpc) is 2.87. The summed E-state index contributed by atoms with van der Waals surface area (Å²) in [6.07, 6.45) is -7.81. The summed E-state index contributed by atoms with van der Waals surface area (Å²) in [7, 11) is 0. The van der Waals surface area contributed by atoms with Crippen LogP contribution in [0.4, 0.5) is 37.8 Å². The van der Waals surface area contributed by atoms with Crippen molar-refractivity contribution in [3.63, 3.8) is 0 Å². The minimum absolute atomic E-state index is 0.106. The second-order valence-electron chi connectivity index (χ2n) is 10.2. The topological polar surface area (TPSA) is 88.8 Å². The van der Waals surface area contributed by atoms with Gasteiger partial charge in [0.2, 0.25) is 0 Å². The molecule has 12 heteroatoms. The highest BCUT2D eigenvalue weighted by Gasteiger charge is 2.34. The first-order chi connectivity index (χ1) is 18.6. The molecule has 0 aliphatic carbocycles. The molecule has 4 N–H and O–H groups in total. The molecule has 2 aromatic carbocycles. The van der Waals surface area contributed by atoms with Crippen LogP contribution in [0.1, 0.15) is 37.7 Å². The van der Waals surface area contributed by atoms with Crippen LogP contribution >= 0.6 is 0 Å². The van der Waals surface area contributed by atoms with Gasteiger partial charge in [-0.2, -0.15) is 26.3 Å². The van der Waals surface area contributed by atoms with E-state index in [4.69, 9.17) is 5.73 Å². The van der Waals surface area contributed by atoms with Crippen LogP contribution in [0.25, 0.3) is 22.2 Å². The van der Waals surface area contributed by atoms with Crippen LogP contribution < -0.4 is 16.4 Å². The molecule has 2 heterocycles. The van der Waals surface area contributed by atoms with Gasteiger partial charge in [0.15, 0.2) is 0 Å². The average molecular weight is 563 g/mol. The maximum absolute atomic E-state index is 13.6. The number of benzene rings is 2. The lowest BCUT2D eigenvalue weighted by Crippen LogP contribution is -2.44. The zero-order valence-electron chi connectivity index (χ0n) is 22.0. The maximum Gasteiger partial charge on any atom is 0.418 e. The molecule has 0 radical (unpaired) electrons. The molecule has 0 amide bonds. The van der Waals surface area contributed by atoms with Gasteiger partial charge in [-0.3, -0.25) is 4.98 Å². The van der Waals surface area contributed by atoms with Crippen LogP contribution in [0.5, 0.6) is 0 Å². The van der Waals surface area contributed by atoms with Crippen molar-refractivity contribution in [2.75, 3.05) is 11.9 Å². The second kappa shape index (κ2) is 11.0. The Hall–Kier alpha value is -3.77. The Balaban J connectivity index is 1.74. The molecule has 0 aliphatic heterocycles. The largest absolute Gasteiger partial charge is 0.418 e. The summed E-state index contributed by atoms with van der Waals surface area (Å²) in [5.41, 5.74) is 4.69. The number of alkyl halides is 6. The molecule has 1 unspecified atom stereocenters.